The van der Waals surface area contributed by atoms with Crippen LogP contribution in [-0.4, -0.2) is 9.97 Å². The van der Waals surface area contributed by atoms with E-state index in [1.54, 1.807) is 12.4 Å². The third-order valence-electron chi connectivity index (χ3n) is 1.94. The highest BCUT2D eigenvalue weighted by atomic mass is 35.5. The molecule has 16 heavy (non-hydrogen) atoms. The summed E-state index contributed by atoms with van der Waals surface area (Å²) in [5.41, 5.74) is 1.91. The zero-order valence-electron chi connectivity index (χ0n) is 8.22. The van der Waals surface area contributed by atoms with Crippen molar-refractivity contribution in [2.24, 2.45) is 0 Å². The fourth-order valence-corrected chi connectivity index (χ4v) is 1.75. The van der Waals surface area contributed by atoms with E-state index in [4.69, 9.17) is 18.0 Å². The SMILES string of the molecule is C#CSc1ncc(-c2cccc(Cl)c2)cn1. The Morgan fingerprint density at radius 1 is 1.19 bits per heavy atom. The van der Waals surface area contributed by atoms with E-state index in [1.807, 2.05) is 24.3 Å². The molecule has 1 aromatic heterocycles. The van der Waals surface area contributed by atoms with Gasteiger partial charge in [-0.15, -0.1) is 6.42 Å². The molecule has 0 saturated heterocycles. The van der Waals surface area contributed by atoms with Gasteiger partial charge in [-0.2, -0.15) is 0 Å². The quantitative estimate of drug-likeness (QED) is 0.461. The topological polar surface area (TPSA) is 25.8 Å². The van der Waals surface area contributed by atoms with Gasteiger partial charge in [-0.1, -0.05) is 23.7 Å². The molecule has 0 spiro atoms. The van der Waals surface area contributed by atoms with Crippen molar-refractivity contribution in [1.29, 1.82) is 0 Å². The van der Waals surface area contributed by atoms with E-state index in [9.17, 15) is 0 Å². The van der Waals surface area contributed by atoms with Gasteiger partial charge in [0.05, 0.1) is 0 Å². The Kier molecular flexibility index (Phi) is 3.45. The van der Waals surface area contributed by atoms with E-state index >= 15 is 0 Å². The molecule has 2 nitrogen and oxygen atoms in total. The molecule has 0 atom stereocenters. The van der Waals surface area contributed by atoms with E-state index in [2.05, 4.69) is 15.2 Å². The Labute approximate surface area is 103 Å². The molecule has 0 saturated carbocycles. The van der Waals surface area contributed by atoms with Crippen molar-refractivity contribution in [3.63, 3.8) is 0 Å². The molecular weight excluding hydrogens is 240 g/mol. The van der Waals surface area contributed by atoms with Crippen LogP contribution in [0.1, 0.15) is 0 Å². The van der Waals surface area contributed by atoms with Crippen molar-refractivity contribution < 1.29 is 0 Å². The summed E-state index contributed by atoms with van der Waals surface area (Å²) in [4.78, 5) is 8.28. The van der Waals surface area contributed by atoms with E-state index < -0.39 is 0 Å². The molecule has 0 aliphatic heterocycles. The van der Waals surface area contributed by atoms with E-state index in [-0.39, 0.29) is 0 Å². The fraction of sp³-hybridized carbons (Fsp3) is 0. The summed E-state index contributed by atoms with van der Waals surface area (Å²) in [6, 6.07) is 7.54. The molecule has 0 aliphatic carbocycles. The van der Waals surface area contributed by atoms with Crippen molar-refractivity contribution in [3.8, 4) is 22.8 Å². The second-order valence-corrected chi connectivity index (χ2v) is 4.23. The molecule has 2 aromatic rings. The van der Waals surface area contributed by atoms with Crippen LogP contribution in [-0.2, 0) is 0 Å². The van der Waals surface area contributed by atoms with Crippen LogP contribution in [0.4, 0.5) is 0 Å². The summed E-state index contributed by atoms with van der Waals surface area (Å²) in [7, 11) is 0. The molecular formula is C12H7ClN2S. The zero-order chi connectivity index (χ0) is 11.4. The molecule has 0 radical (unpaired) electrons. The maximum atomic E-state index is 5.90. The van der Waals surface area contributed by atoms with Crippen LogP contribution >= 0.6 is 23.4 Å². The average Bonchev–Trinajstić information content (AvgIpc) is 2.30. The van der Waals surface area contributed by atoms with Gasteiger partial charge in [-0.05, 0) is 22.9 Å². The van der Waals surface area contributed by atoms with Crippen LogP contribution < -0.4 is 0 Å². The lowest BCUT2D eigenvalue weighted by atomic mass is 10.1. The van der Waals surface area contributed by atoms with Gasteiger partial charge >= 0.3 is 0 Å². The first-order valence-corrected chi connectivity index (χ1v) is 5.69. The number of aromatic nitrogens is 2. The molecule has 1 aromatic carbocycles. The Bertz CT molecular complexity index is 531. The second-order valence-electron chi connectivity index (χ2n) is 2.98. The van der Waals surface area contributed by atoms with Gasteiger partial charge in [-0.25, -0.2) is 9.97 Å². The molecule has 0 aliphatic rings. The first kappa shape index (κ1) is 11.0. The number of halogens is 1. The van der Waals surface area contributed by atoms with Crippen LogP contribution in [0, 0.1) is 11.7 Å². The highest BCUT2D eigenvalue weighted by Crippen LogP contribution is 2.22. The lowest BCUT2D eigenvalue weighted by Crippen LogP contribution is -1.86. The number of hydrogen-bond donors (Lipinski definition) is 0. The standard InChI is InChI=1S/C12H7ClN2S/c1-2-16-12-14-7-10(8-15-12)9-4-3-5-11(13)6-9/h1,3-8H. The van der Waals surface area contributed by atoms with Gasteiger partial charge in [0.2, 0.25) is 0 Å². The van der Waals surface area contributed by atoms with Gasteiger partial charge in [0.25, 0.3) is 0 Å². The Morgan fingerprint density at radius 2 is 1.94 bits per heavy atom. The lowest BCUT2D eigenvalue weighted by Gasteiger charge is -2.01. The molecule has 4 heteroatoms. The normalized spacial score (nSPS) is 9.75. The number of nitrogens with zero attached hydrogens (tertiary/aromatic N) is 2. The minimum absolute atomic E-state index is 0.577. The summed E-state index contributed by atoms with van der Waals surface area (Å²) in [6.07, 6.45) is 8.61. The third-order valence-corrected chi connectivity index (χ3v) is 2.68. The highest BCUT2D eigenvalue weighted by molar-refractivity contribution is 8.03. The molecule has 1 heterocycles. The number of hydrogen-bond acceptors (Lipinski definition) is 3. The van der Waals surface area contributed by atoms with E-state index in [0.29, 0.717) is 10.2 Å². The maximum Gasteiger partial charge on any atom is 0.200 e. The van der Waals surface area contributed by atoms with Crippen molar-refractivity contribution in [2.45, 2.75) is 5.16 Å². The van der Waals surface area contributed by atoms with Crippen molar-refractivity contribution in [1.82, 2.24) is 9.97 Å². The van der Waals surface area contributed by atoms with Crippen LogP contribution in [0.2, 0.25) is 5.02 Å². The predicted molar refractivity (Wildman–Crippen MR) is 67.2 cm³/mol. The number of terminal acetylenes is 1. The molecule has 0 fully saturated rings. The first-order valence-electron chi connectivity index (χ1n) is 4.50. The van der Waals surface area contributed by atoms with Crippen LogP contribution in [0.15, 0.2) is 41.8 Å². The minimum atomic E-state index is 0.577. The van der Waals surface area contributed by atoms with Crippen molar-refractivity contribution in [3.05, 3.63) is 41.7 Å². The first-order chi connectivity index (χ1) is 7.79. The van der Waals surface area contributed by atoms with Gasteiger partial charge in [0, 0.05) is 34.7 Å². The van der Waals surface area contributed by atoms with Crippen molar-refractivity contribution in [2.75, 3.05) is 0 Å². The Balaban J connectivity index is 2.32. The summed E-state index contributed by atoms with van der Waals surface area (Å²) in [5.74, 6) is 0. The average molecular weight is 247 g/mol. The van der Waals surface area contributed by atoms with Crippen LogP contribution in [0.5, 0.6) is 0 Å². The molecule has 0 amide bonds. The van der Waals surface area contributed by atoms with Gasteiger partial charge in [0.1, 0.15) is 0 Å². The zero-order valence-corrected chi connectivity index (χ0v) is 9.79. The van der Waals surface area contributed by atoms with Gasteiger partial charge in [0.15, 0.2) is 5.16 Å². The molecule has 2 rings (SSSR count). The number of thioether (sulfide) groups is 1. The molecule has 0 N–H and O–H groups in total. The summed E-state index contributed by atoms with van der Waals surface area (Å²) >= 11 is 7.07. The molecule has 0 bridgehead atoms. The van der Waals surface area contributed by atoms with Crippen LogP contribution in [0.3, 0.4) is 0 Å². The molecule has 0 unspecified atom stereocenters. The largest absolute Gasteiger partial charge is 0.230 e. The number of benzene rings is 1. The summed E-state index contributed by atoms with van der Waals surface area (Å²) < 4.78 is 0. The Hall–Kier alpha value is -1.50. The minimum Gasteiger partial charge on any atom is -0.230 e. The predicted octanol–water partition coefficient (Wildman–Crippen LogP) is 3.48. The second kappa shape index (κ2) is 5.02. The van der Waals surface area contributed by atoms with Crippen LogP contribution in [0.25, 0.3) is 11.1 Å². The molecule has 78 valence electrons. The maximum absolute atomic E-state index is 5.90. The Morgan fingerprint density at radius 3 is 2.56 bits per heavy atom. The van der Waals surface area contributed by atoms with E-state index in [1.165, 1.54) is 0 Å². The smallest absolute Gasteiger partial charge is 0.200 e. The van der Waals surface area contributed by atoms with Crippen molar-refractivity contribution >= 4 is 23.4 Å². The number of rotatable bonds is 2. The van der Waals surface area contributed by atoms with E-state index in [0.717, 1.165) is 22.9 Å². The van der Waals surface area contributed by atoms with Gasteiger partial charge < -0.3 is 0 Å². The monoisotopic (exact) mass is 246 g/mol. The highest BCUT2D eigenvalue weighted by Gasteiger charge is 2.00. The van der Waals surface area contributed by atoms with Gasteiger partial charge in [-0.3, -0.25) is 0 Å². The fourth-order valence-electron chi connectivity index (χ4n) is 1.24. The summed E-state index contributed by atoms with van der Waals surface area (Å²) in [5, 5.41) is 3.69. The third kappa shape index (κ3) is 2.54. The summed E-state index contributed by atoms with van der Waals surface area (Å²) in [6.45, 7) is 0. The lowest BCUT2D eigenvalue weighted by molar-refractivity contribution is 0.975.